The normalized spacial score (nSPS) is 16.0. The number of carbonyl (C=O) groups is 1. The summed E-state index contributed by atoms with van der Waals surface area (Å²) in [5, 5.41) is 9.50. The number of nitrogens with zero attached hydrogens (tertiary/aromatic N) is 1. The number of H-pyrrole nitrogens is 1. The van der Waals surface area contributed by atoms with E-state index < -0.39 is 0 Å². The largest absolute Gasteiger partial charge is 0.348 e. The Morgan fingerprint density at radius 2 is 1.86 bits per heavy atom. The summed E-state index contributed by atoms with van der Waals surface area (Å²) >= 11 is 5.35. The van der Waals surface area contributed by atoms with Gasteiger partial charge in [-0.1, -0.05) is 56.4 Å². The first kappa shape index (κ1) is 14.7. The van der Waals surface area contributed by atoms with E-state index in [1.807, 2.05) is 30.3 Å². The molecule has 1 aromatic heterocycles. The number of carbonyl (C=O) groups excluding carboxylic acids is 1. The molecule has 4 heteroatoms. The number of rotatable bonds is 1. The maximum Gasteiger partial charge on any atom is 0.165 e. The van der Waals surface area contributed by atoms with Gasteiger partial charge >= 0.3 is 0 Å². The number of Topliss-reactive ketones (excluding diaryl/α,β-unsaturated/α-hetero) is 1. The zero-order valence-electron chi connectivity index (χ0n) is 12.6. The third-order valence-corrected chi connectivity index (χ3v) is 4.35. The maximum atomic E-state index is 12.7. The number of hydrogen-bond donors (Lipinski definition) is 1. The van der Waals surface area contributed by atoms with Crippen LogP contribution < -0.4 is 0 Å². The van der Waals surface area contributed by atoms with E-state index in [1.165, 1.54) is 0 Å². The first-order valence-electron chi connectivity index (χ1n) is 7.21. The predicted molar refractivity (Wildman–Crippen MR) is 88.2 cm³/mol. The Morgan fingerprint density at radius 1 is 1.18 bits per heavy atom. The summed E-state index contributed by atoms with van der Waals surface area (Å²) in [6.45, 7) is 4.15. The highest BCUT2D eigenvalue weighted by atomic mass is 32.1. The van der Waals surface area contributed by atoms with Crippen molar-refractivity contribution in [3.8, 4) is 17.2 Å². The Balaban J connectivity index is 2.39. The van der Waals surface area contributed by atoms with E-state index in [1.54, 1.807) is 0 Å². The maximum absolute atomic E-state index is 12.7. The highest BCUT2D eigenvalue weighted by molar-refractivity contribution is 7.71. The molecular formula is C18H16N2OS. The Labute approximate surface area is 134 Å². The van der Waals surface area contributed by atoms with Gasteiger partial charge in [-0.15, -0.1) is 0 Å². The van der Waals surface area contributed by atoms with Crippen LogP contribution in [0.1, 0.15) is 41.9 Å². The standard InChI is InChI=1S/C18H16N2OS/c1-18(2)8-13-16(14(21)9-18)15(11-6-4-3-5-7-11)12(10-19)17(22)20-13/h3-7H,8-9H2,1-2H3,(H,20,22). The van der Waals surface area contributed by atoms with Gasteiger partial charge in [0.2, 0.25) is 0 Å². The fourth-order valence-corrected chi connectivity index (χ4v) is 3.43. The lowest BCUT2D eigenvalue weighted by Gasteiger charge is -2.31. The molecule has 0 amide bonds. The molecule has 0 aliphatic heterocycles. The molecule has 0 saturated carbocycles. The molecular weight excluding hydrogens is 292 g/mol. The van der Waals surface area contributed by atoms with Crippen molar-refractivity contribution >= 4 is 18.0 Å². The minimum absolute atomic E-state index is 0.0767. The predicted octanol–water partition coefficient (Wildman–Crippen LogP) is 4.44. The Morgan fingerprint density at radius 3 is 2.50 bits per heavy atom. The molecule has 1 aromatic carbocycles. The van der Waals surface area contributed by atoms with Gasteiger partial charge in [0.1, 0.15) is 10.7 Å². The number of ketones is 1. The second kappa shape index (κ2) is 5.19. The summed E-state index contributed by atoms with van der Waals surface area (Å²) in [6, 6.07) is 11.7. The molecule has 0 bridgehead atoms. The summed E-state index contributed by atoms with van der Waals surface area (Å²) in [4.78, 5) is 15.8. The number of hydrogen-bond acceptors (Lipinski definition) is 3. The highest BCUT2D eigenvalue weighted by Gasteiger charge is 2.34. The number of nitriles is 1. The molecule has 0 atom stereocenters. The Kier molecular flexibility index (Phi) is 3.46. The highest BCUT2D eigenvalue weighted by Crippen LogP contribution is 2.39. The average molecular weight is 308 g/mol. The van der Waals surface area contributed by atoms with E-state index >= 15 is 0 Å². The zero-order valence-corrected chi connectivity index (χ0v) is 13.4. The molecule has 0 fully saturated rings. The van der Waals surface area contributed by atoms with Crippen molar-refractivity contribution < 1.29 is 4.79 Å². The van der Waals surface area contributed by atoms with Crippen molar-refractivity contribution in [3.63, 3.8) is 0 Å². The van der Waals surface area contributed by atoms with Crippen LogP contribution in [-0.4, -0.2) is 10.8 Å². The van der Waals surface area contributed by atoms with Crippen molar-refractivity contribution in [2.45, 2.75) is 26.7 Å². The van der Waals surface area contributed by atoms with Crippen LogP contribution in [0, 0.1) is 21.4 Å². The fourth-order valence-electron chi connectivity index (χ4n) is 3.16. The van der Waals surface area contributed by atoms with Gasteiger partial charge in [0, 0.05) is 23.2 Å². The molecule has 1 aliphatic rings. The van der Waals surface area contributed by atoms with E-state index in [0.29, 0.717) is 27.8 Å². The van der Waals surface area contributed by atoms with Crippen LogP contribution in [0.15, 0.2) is 30.3 Å². The van der Waals surface area contributed by atoms with Crippen LogP contribution >= 0.6 is 12.2 Å². The van der Waals surface area contributed by atoms with E-state index in [0.717, 1.165) is 17.7 Å². The Bertz CT molecular complexity index is 857. The van der Waals surface area contributed by atoms with Crippen molar-refractivity contribution in [2.75, 3.05) is 0 Å². The van der Waals surface area contributed by atoms with Crippen LogP contribution in [0.25, 0.3) is 11.1 Å². The molecule has 22 heavy (non-hydrogen) atoms. The number of aromatic amines is 1. The van der Waals surface area contributed by atoms with Crippen LogP contribution in [0.2, 0.25) is 0 Å². The molecule has 0 spiro atoms. The first-order chi connectivity index (χ1) is 10.4. The van der Waals surface area contributed by atoms with Crippen LogP contribution in [0.4, 0.5) is 0 Å². The summed E-state index contributed by atoms with van der Waals surface area (Å²) < 4.78 is 0.408. The van der Waals surface area contributed by atoms with Gasteiger partial charge in [0.05, 0.1) is 5.56 Å². The lowest BCUT2D eigenvalue weighted by Crippen LogP contribution is -2.29. The van der Waals surface area contributed by atoms with Crippen molar-refractivity contribution in [3.05, 3.63) is 51.8 Å². The number of fused-ring (bicyclic) bond motifs is 1. The van der Waals surface area contributed by atoms with Gasteiger partial charge in [-0.2, -0.15) is 5.26 Å². The molecule has 0 saturated heterocycles. The molecule has 3 rings (SSSR count). The van der Waals surface area contributed by atoms with E-state index in [-0.39, 0.29) is 11.2 Å². The van der Waals surface area contributed by atoms with Crippen LogP contribution in [0.5, 0.6) is 0 Å². The first-order valence-corrected chi connectivity index (χ1v) is 7.62. The number of nitrogens with one attached hydrogen (secondary N) is 1. The average Bonchev–Trinajstić information content (AvgIpc) is 2.45. The lowest BCUT2D eigenvalue weighted by atomic mass is 9.73. The van der Waals surface area contributed by atoms with Crippen molar-refractivity contribution in [1.82, 2.24) is 4.98 Å². The van der Waals surface area contributed by atoms with Gasteiger partial charge in [-0.25, -0.2) is 0 Å². The third-order valence-electron chi connectivity index (χ3n) is 4.04. The lowest BCUT2D eigenvalue weighted by molar-refractivity contribution is 0.0911. The number of benzene rings is 1. The van der Waals surface area contributed by atoms with E-state index in [2.05, 4.69) is 24.9 Å². The number of pyridine rings is 1. The number of aromatic nitrogens is 1. The summed E-state index contributed by atoms with van der Waals surface area (Å²) in [5.41, 5.74) is 3.32. The second-order valence-corrected chi connectivity index (χ2v) is 6.88. The van der Waals surface area contributed by atoms with E-state index in [4.69, 9.17) is 12.2 Å². The molecule has 1 N–H and O–H groups in total. The molecule has 2 aromatic rings. The fraction of sp³-hybridized carbons (Fsp3) is 0.278. The van der Waals surface area contributed by atoms with Crippen LogP contribution in [-0.2, 0) is 6.42 Å². The minimum Gasteiger partial charge on any atom is -0.348 e. The summed E-state index contributed by atoms with van der Waals surface area (Å²) in [5.74, 6) is 0.0767. The topological polar surface area (TPSA) is 56.6 Å². The van der Waals surface area contributed by atoms with Gasteiger partial charge < -0.3 is 4.98 Å². The quantitative estimate of drug-likeness (QED) is 0.792. The van der Waals surface area contributed by atoms with Gasteiger partial charge in [-0.3, -0.25) is 4.79 Å². The minimum atomic E-state index is -0.0928. The zero-order chi connectivity index (χ0) is 15.9. The van der Waals surface area contributed by atoms with Gasteiger partial charge in [-0.05, 0) is 17.4 Å². The third kappa shape index (κ3) is 2.38. The Hall–Kier alpha value is -2.25. The molecule has 110 valence electrons. The summed E-state index contributed by atoms with van der Waals surface area (Å²) in [6.07, 6.45) is 1.23. The van der Waals surface area contributed by atoms with Crippen molar-refractivity contribution in [1.29, 1.82) is 5.26 Å². The molecule has 0 radical (unpaired) electrons. The second-order valence-electron chi connectivity index (χ2n) is 6.48. The smallest absolute Gasteiger partial charge is 0.165 e. The molecule has 0 unspecified atom stereocenters. The molecule has 1 heterocycles. The summed E-state index contributed by atoms with van der Waals surface area (Å²) in [7, 11) is 0. The van der Waals surface area contributed by atoms with Gasteiger partial charge in [0.25, 0.3) is 0 Å². The van der Waals surface area contributed by atoms with Crippen molar-refractivity contribution in [2.24, 2.45) is 5.41 Å². The molecule has 3 nitrogen and oxygen atoms in total. The van der Waals surface area contributed by atoms with E-state index in [9.17, 15) is 10.1 Å². The molecule has 1 aliphatic carbocycles. The van der Waals surface area contributed by atoms with Crippen LogP contribution in [0.3, 0.4) is 0 Å². The van der Waals surface area contributed by atoms with Gasteiger partial charge in [0.15, 0.2) is 5.78 Å². The SMILES string of the molecule is CC1(C)CC(=O)c2c([nH]c(=S)c(C#N)c2-c2ccccc2)C1. The monoisotopic (exact) mass is 308 g/mol.